The van der Waals surface area contributed by atoms with Crippen molar-refractivity contribution >= 4 is 0 Å². The molecule has 1 fully saturated rings. The first-order chi connectivity index (χ1) is 8.36. The number of rotatable bonds is 8. The van der Waals surface area contributed by atoms with Crippen molar-refractivity contribution < 1.29 is 14.6 Å². The van der Waals surface area contributed by atoms with Gasteiger partial charge < -0.3 is 14.6 Å². The van der Waals surface area contributed by atoms with Crippen molar-refractivity contribution in [2.24, 2.45) is 0 Å². The molecule has 1 aliphatic rings. The van der Waals surface area contributed by atoms with E-state index in [1.165, 1.54) is 6.42 Å². The van der Waals surface area contributed by atoms with E-state index in [9.17, 15) is 0 Å². The number of nitrogens with zero attached hydrogens (tertiary/aromatic N) is 2. The van der Waals surface area contributed by atoms with Crippen LogP contribution in [0.15, 0.2) is 0 Å². The summed E-state index contributed by atoms with van der Waals surface area (Å²) in [6.07, 6.45) is 1.18. The van der Waals surface area contributed by atoms with Gasteiger partial charge in [-0.15, -0.1) is 0 Å². The smallest absolute Gasteiger partial charge is 0.0700 e. The minimum Gasteiger partial charge on any atom is -0.395 e. The van der Waals surface area contributed by atoms with Crippen molar-refractivity contribution in [2.45, 2.75) is 6.42 Å². The summed E-state index contributed by atoms with van der Waals surface area (Å²) < 4.78 is 10.4. The van der Waals surface area contributed by atoms with Crippen LogP contribution in [0.1, 0.15) is 6.42 Å². The highest BCUT2D eigenvalue weighted by atomic mass is 16.5. The summed E-state index contributed by atoms with van der Waals surface area (Å²) in [4.78, 5) is 4.76. The van der Waals surface area contributed by atoms with E-state index in [4.69, 9.17) is 14.6 Å². The maximum absolute atomic E-state index is 8.91. The zero-order valence-corrected chi connectivity index (χ0v) is 10.9. The van der Waals surface area contributed by atoms with Gasteiger partial charge in [-0.1, -0.05) is 0 Å². The molecule has 5 heteroatoms. The number of hydrogen-bond donors (Lipinski definition) is 1. The van der Waals surface area contributed by atoms with Crippen LogP contribution in [-0.2, 0) is 9.47 Å². The molecule has 0 bridgehead atoms. The van der Waals surface area contributed by atoms with Crippen LogP contribution >= 0.6 is 0 Å². The molecule has 1 N–H and O–H groups in total. The number of aliphatic hydroxyl groups excluding tert-OH is 1. The van der Waals surface area contributed by atoms with Gasteiger partial charge in [-0.2, -0.15) is 0 Å². The molecule has 1 aliphatic heterocycles. The lowest BCUT2D eigenvalue weighted by Gasteiger charge is -2.21. The first kappa shape index (κ1) is 14.9. The molecule has 0 aromatic heterocycles. The highest BCUT2D eigenvalue weighted by molar-refractivity contribution is 4.69. The number of hydrogen-bond acceptors (Lipinski definition) is 5. The third-order valence-electron chi connectivity index (χ3n) is 3.08. The monoisotopic (exact) mass is 246 g/mol. The first-order valence-electron chi connectivity index (χ1n) is 6.49. The molecule has 0 radical (unpaired) electrons. The van der Waals surface area contributed by atoms with Crippen molar-refractivity contribution in [1.82, 2.24) is 9.80 Å². The summed E-state index contributed by atoms with van der Waals surface area (Å²) in [6, 6.07) is 0. The molecule has 0 saturated carbocycles. The van der Waals surface area contributed by atoms with Gasteiger partial charge in [-0.25, -0.2) is 0 Å². The second-order valence-electron chi connectivity index (χ2n) is 4.37. The zero-order chi connectivity index (χ0) is 12.3. The van der Waals surface area contributed by atoms with Crippen LogP contribution in [0.25, 0.3) is 0 Å². The highest BCUT2D eigenvalue weighted by Gasteiger charge is 2.13. The standard InChI is InChI=1S/C12H26N2O3/c1-16-11-12-17-10-8-14-4-2-3-13(5-6-14)7-9-15/h15H,2-12H2,1H3. The largest absolute Gasteiger partial charge is 0.395 e. The molecule has 0 amide bonds. The van der Waals surface area contributed by atoms with E-state index in [-0.39, 0.29) is 6.61 Å². The van der Waals surface area contributed by atoms with Crippen LogP contribution in [0.5, 0.6) is 0 Å². The lowest BCUT2D eigenvalue weighted by molar-refractivity contribution is 0.0576. The highest BCUT2D eigenvalue weighted by Crippen LogP contribution is 2.02. The Labute approximate surface area is 104 Å². The van der Waals surface area contributed by atoms with Gasteiger partial charge in [0.1, 0.15) is 0 Å². The van der Waals surface area contributed by atoms with Crippen molar-refractivity contribution in [1.29, 1.82) is 0 Å². The average Bonchev–Trinajstić information content (AvgIpc) is 2.55. The maximum Gasteiger partial charge on any atom is 0.0700 e. The molecule has 0 aromatic rings. The van der Waals surface area contributed by atoms with Crippen LogP contribution in [0.4, 0.5) is 0 Å². The Hall–Kier alpha value is -0.200. The Morgan fingerprint density at radius 3 is 2.29 bits per heavy atom. The van der Waals surface area contributed by atoms with Crippen LogP contribution in [-0.4, -0.2) is 87.7 Å². The zero-order valence-electron chi connectivity index (χ0n) is 10.9. The van der Waals surface area contributed by atoms with E-state index in [0.29, 0.717) is 13.2 Å². The SMILES string of the molecule is COCCOCCN1CCCN(CCO)CC1. The molecule has 1 saturated heterocycles. The molecular formula is C12H26N2O3. The Bertz CT molecular complexity index is 181. The van der Waals surface area contributed by atoms with Crippen molar-refractivity contribution in [2.75, 3.05) is 72.8 Å². The minimum atomic E-state index is 0.264. The van der Waals surface area contributed by atoms with E-state index >= 15 is 0 Å². The summed E-state index contributed by atoms with van der Waals surface area (Å²) in [6.45, 7) is 8.56. The van der Waals surface area contributed by atoms with Crippen LogP contribution in [0.2, 0.25) is 0 Å². The van der Waals surface area contributed by atoms with Crippen molar-refractivity contribution in [3.05, 3.63) is 0 Å². The second kappa shape index (κ2) is 9.79. The van der Waals surface area contributed by atoms with Gasteiger partial charge in [0.05, 0.1) is 26.4 Å². The van der Waals surface area contributed by atoms with E-state index in [2.05, 4.69) is 9.80 Å². The summed E-state index contributed by atoms with van der Waals surface area (Å²) >= 11 is 0. The number of aliphatic hydroxyl groups is 1. The lowest BCUT2D eigenvalue weighted by atomic mass is 10.4. The second-order valence-corrected chi connectivity index (χ2v) is 4.37. The summed E-state index contributed by atoms with van der Waals surface area (Å²) in [5.41, 5.74) is 0. The number of ether oxygens (including phenoxy) is 2. The molecule has 1 rings (SSSR count). The molecule has 0 atom stereocenters. The fourth-order valence-corrected chi connectivity index (χ4v) is 2.05. The topological polar surface area (TPSA) is 45.2 Å². The molecule has 17 heavy (non-hydrogen) atoms. The molecule has 0 unspecified atom stereocenters. The molecule has 102 valence electrons. The van der Waals surface area contributed by atoms with Gasteiger partial charge in [0.2, 0.25) is 0 Å². The third-order valence-corrected chi connectivity index (χ3v) is 3.08. The summed E-state index contributed by atoms with van der Waals surface area (Å²) in [5, 5.41) is 8.91. The van der Waals surface area contributed by atoms with Gasteiger partial charge in [0, 0.05) is 33.3 Å². The van der Waals surface area contributed by atoms with Gasteiger partial charge in [0.25, 0.3) is 0 Å². The Kier molecular flexibility index (Phi) is 8.56. The Balaban J connectivity index is 2.05. The normalized spacial score (nSPS) is 19.4. The average molecular weight is 246 g/mol. The van der Waals surface area contributed by atoms with Gasteiger partial charge in [-0.05, 0) is 19.5 Å². The molecular weight excluding hydrogens is 220 g/mol. The molecule has 1 heterocycles. The van der Waals surface area contributed by atoms with Gasteiger partial charge in [-0.3, -0.25) is 9.80 Å². The van der Waals surface area contributed by atoms with Gasteiger partial charge >= 0.3 is 0 Å². The minimum absolute atomic E-state index is 0.264. The van der Waals surface area contributed by atoms with E-state index < -0.39 is 0 Å². The van der Waals surface area contributed by atoms with Crippen LogP contribution < -0.4 is 0 Å². The third kappa shape index (κ3) is 6.95. The maximum atomic E-state index is 8.91. The summed E-state index contributed by atoms with van der Waals surface area (Å²) in [7, 11) is 1.69. The van der Waals surface area contributed by atoms with E-state index in [1.807, 2.05) is 0 Å². The number of β-amino-alcohol motifs (C(OH)–C–C–N with tert-alkyl or cyclic N) is 1. The van der Waals surface area contributed by atoms with E-state index in [1.54, 1.807) is 7.11 Å². The molecule has 0 aromatic carbocycles. The molecule has 5 nitrogen and oxygen atoms in total. The summed E-state index contributed by atoms with van der Waals surface area (Å²) in [5.74, 6) is 0. The van der Waals surface area contributed by atoms with Crippen LogP contribution in [0, 0.1) is 0 Å². The predicted octanol–water partition coefficient (Wildman–Crippen LogP) is -0.351. The first-order valence-corrected chi connectivity index (χ1v) is 6.49. The quantitative estimate of drug-likeness (QED) is 0.593. The Morgan fingerprint density at radius 2 is 1.65 bits per heavy atom. The molecule has 0 spiro atoms. The number of methoxy groups -OCH3 is 1. The Morgan fingerprint density at radius 1 is 0.941 bits per heavy atom. The molecule has 0 aliphatic carbocycles. The van der Waals surface area contributed by atoms with Crippen molar-refractivity contribution in [3.63, 3.8) is 0 Å². The fraction of sp³-hybridized carbons (Fsp3) is 1.00. The fourth-order valence-electron chi connectivity index (χ4n) is 2.05. The predicted molar refractivity (Wildman–Crippen MR) is 67.3 cm³/mol. The van der Waals surface area contributed by atoms with Gasteiger partial charge in [0.15, 0.2) is 0 Å². The van der Waals surface area contributed by atoms with E-state index in [0.717, 1.165) is 45.9 Å². The lowest BCUT2D eigenvalue weighted by Crippen LogP contribution is -2.34. The van der Waals surface area contributed by atoms with Crippen molar-refractivity contribution in [3.8, 4) is 0 Å². The van der Waals surface area contributed by atoms with Crippen LogP contribution in [0.3, 0.4) is 0 Å².